The van der Waals surface area contributed by atoms with E-state index in [1.165, 1.54) is 0 Å². The average molecular weight is 510 g/mol. The molecule has 0 aromatic carbocycles. The first-order valence-electron chi connectivity index (χ1n) is 4.96. The highest BCUT2D eigenvalue weighted by Gasteiger charge is 2.93. The lowest BCUT2D eigenvalue weighted by atomic mass is 9.84. The Morgan fingerprint density at radius 2 is 0.833 bits per heavy atom. The maximum atomic E-state index is 13.6. The molecule has 16 heteroatoms. The van der Waals surface area contributed by atoms with Crippen molar-refractivity contribution in [3.8, 4) is 0 Å². The quantitative estimate of drug-likeness (QED) is 0.255. The molecule has 0 aliphatic heterocycles. The Labute approximate surface area is 135 Å². The van der Waals surface area contributed by atoms with Crippen LogP contribution in [0, 0.1) is 0 Å². The summed E-state index contributed by atoms with van der Waals surface area (Å²) < 4.78 is 182. The van der Waals surface area contributed by atoms with Crippen molar-refractivity contribution in [3.63, 3.8) is 0 Å². The van der Waals surface area contributed by atoms with E-state index in [2.05, 4.69) is 0 Å². The first-order valence-corrected chi connectivity index (χ1v) is 6.03. The van der Waals surface area contributed by atoms with E-state index >= 15 is 0 Å². The summed E-state index contributed by atoms with van der Waals surface area (Å²) in [7, 11) is 0. The maximum absolute atomic E-state index is 13.6. The molecule has 0 N–H and O–H groups in total. The Morgan fingerprint density at radius 1 is 0.542 bits per heavy atom. The van der Waals surface area contributed by atoms with Gasteiger partial charge in [0.15, 0.2) is 0 Å². The van der Waals surface area contributed by atoms with Crippen LogP contribution in [0.3, 0.4) is 0 Å². The minimum atomic E-state index is -7.66. The molecule has 0 fully saturated rings. The number of hydrogen-bond acceptors (Lipinski definition) is 0. The molecule has 0 saturated carbocycles. The van der Waals surface area contributed by atoms with Crippen molar-refractivity contribution in [2.75, 3.05) is 6.67 Å². The summed E-state index contributed by atoms with van der Waals surface area (Å²) in [6.07, 6.45) is -22.4. The van der Waals surface area contributed by atoms with Gasteiger partial charge in [-0.25, -0.2) is 17.6 Å². The molecule has 0 nitrogen and oxygen atoms in total. The smallest absolute Gasteiger partial charge is 0.247 e. The summed E-state index contributed by atoms with van der Waals surface area (Å²) in [5, 5.41) is 0. The molecule has 0 saturated heterocycles. The molecule has 146 valence electrons. The molecule has 0 spiro atoms. The molecule has 0 heterocycles. The normalized spacial score (nSPS) is 20.5. The number of rotatable bonds is 4. The van der Waals surface area contributed by atoms with Crippen LogP contribution in [-0.2, 0) is 0 Å². The van der Waals surface area contributed by atoms with Crippen LogP contribution in [0.1, 0.15) is 0 Å². The highest BCUT2D eigenvalue weighted by molar-refractivity contribution is 14.1. The number of halogens is 16. The van der Waals surface area contributed by atoms with Crippen LogP contribution in [0.4, 0.5) is 65.9 Å². The van der Waals surface area contributed by atoms with E-state index in [0.717, 1.165) is 0 Å². The van der Waals surface area contributed by atoms with Crippen molar-refractivity contribution in [3.05, 3.63) is 0 Å². The highest BCUT2D eigenvalue weighted by atomic mass is 127. The van der Waals surface area contributed by atoms with Crippen LogP contribution < -0.4 is 0 Å². The van der Waals surface area contributed by atoms with Gasteiger partial charge in [0.25, 0.3) is 9.34 Å². The number of alkyl halides is 16. The second-order valence-electron chi connectivity index (χ2n) is 4.24. The van der Waals surface area contributed by atoms with Crippen molar-refractivity contribution < 1.29 is 65.9 Å². The molecule has 2 atom stereocenters. The van der Waals surface area contributed by atoms with Crippen molar-refractivity contribution in [2.24, 2.45) is 0 Å². The summed E-state index contributed by atoms with van der Waals surface area (Å²) in [5.74, 6) is -7.48. The van der Waals surface area contributed by atoms with Gasteiger partial charge < -0.3 is 0 Å². The fourth-order valence-electron chi connectivity index (χ4n) is 1.32. The van der Waals surface area contributed by atoms with Gasteiger partial charge in [0, 0.05) is 0 Å². The zero-order chi connectivity index (χ0) is 20.2. The Morgan fingerprint density at radius 3 is 1.00 bits per heavy atom. The van der Waals surface area contributed by atoms with Crippen molar-refractivity contribution in [2.45, 2.75) is 39.5 Å². The SMILES string of the molecule is FCC(F)(C(F)(F)F)C(F)(F)C(F)(I)C(F)(C(F)(F)F)C(F)(F)F. The molecule has 0 rings (SSSR count). The van der Waals surface area contributed by atoms with E-state index in [1.807, 2.05) is 0 Å². The molecular formula is C8H2F15I. The van der Waals surface area contributed by atoms with E-state index in [-0.39, 0.29) is 0 Å². The molecule has 0 aromatic rings. The monoisotopic (exact) mass is 510 g/mol. The largest absolute Gasteiger partial charge is 0.435 e. The summed E-state index contributed by atoms with van der Waals surface area (Å²) in [6, 6.07) is 0. The summed E-state index contributed by atoms with van der Waals surface area (Å²) in [5.41, 5.74) is -14.5. The molecule has 0 aromatic heterocycles. The van der Waals surface area contributed by atoms with Crippen LogP contribution in [0.15, 0.2) is 0 Å². The Balaban J connectivity index is 6.78. The molecular weight excluding hydrogens is 508 g/mol. The van der Waals surface area contributed by atoms with Gasteiger partial charge in [0.2, 0.25) is 0 Å². The molecule has 0 radical (unpaired) electrons. The second-order valence-corrected chi connectivity index (χ2v) is 5.72. The zero-order valence-electron chi connectivity index (χ0n) is 10.3. The fraction of sp³-hybridized carbons (Fsp3) is 1.00. The standard InChI is InChI=1S/C8H2F15I/c9-1-2(10,6(15,16)17)4(12,13)5(14,24)3(11,7(18,19)20)8(21,22)23/h1H2. The van der Waals surface area contributed by atoms with Gasteiger partial charge in [-0.2, -0.15) is 48.3 Å². The lowest BCUT2D eigenvalue weighted by Gasteiger charge is -2.45. The van der Waals surface area contributed by atoms with Crippen LogP contribution in [0.2, 0.25) is 0 Å². The van der Waals surface area contributed by atoms with E-state index in [0.29, 0.717) is 0 Å². The van der Waals surface area contributed by atoms with Crippen LogP contribution in [0.5, 0.6) is 0 Å². The minimum Gasteiger partial charge on any atom is -0.247 e. The van der Waals surface area contributed by atoms with Gasteiger partial charge in [-0.1, -0.05) is 0 Å². The van der Waals surface area contributed by atoms with E-state index < -0.39 is 68.7 Å². The van der Waals surface area contributed by atoms with Crippen LogP contribution in [-0.4, -0.2) is 46.1 Å². The summed E-state index contributed by atoms with van der Waals surface area (Å²) in [4.78, 5) is 0. The van der Waals surface area contributed by atoms with Gasteiger partial charge in [0.1, 0.15) is 6.67 Å². The lowest BCUT2D eigenvalue weighted by Crippen LogP contribution is -2.75. The van der Waals surface area contributed by atoms with E-state index in [9.17, 15) is 65.9 Å². The topological polar surface area (TPSA) is 0 Å². The molecule has 2 unspecified atom stereocenters. The zero-order valence-corrected chi connectivity index (χ0v) is 12.4. The van der Waals surface area contributed by atoms with E-state index in [4.69, 9.17) is 0 Å². The molecule has 24 heavy (non-hydrogen) atoms. The third-order valence-corrected chi connectivity index (χ3v) is 4.16. The Kier molecular flexibility index (Phi) is 5.77. The van der Waals surface area contributed by atoms with Crippen LogP contribution >= 0.6 is 22.6 Å². The van der Waals surface area contributed by atoms with Gasteiger partial charge >= 0.3 is 30.1 Å². The molecule has 0 aliphatic rings. The first kappa shape index (κ1) is 23.7. The van der Waals surface area contributed by atoms with Gasteiger partial charge in [-0.05, 0) is 22.6 Å². The van der Waals surface area contributed by atoms with Crippen molar-refractivity contribution >= 4 is 22.6 Å². The third-order valence-electron chi connectivity index (χ3n) is 2.74. The molecule has 0 amide bonds. The molecule has 0 bridgehead atoms. The van der Waals surface area contributed by atoms with Crippen molar-refractivity contribution in [1.29, 1.82) is 0 Å². The summed E-state index contributed by atoms with van der Waals surface area (Å²) >= 11 is -1.30. The average Bonchev–Trinajstić information content (AvgIpc) is 2.31. The lowest BCUT2D eigenvalue weighted by molar-refractivity contribution is -0.401. The minimum absolute atomic E-state index is 1.30. The predicted molar refractivity (Wildman–Crippen MR) is 54.6 cm³/mol. The predicted octanol–water partition coefficient (Wildman–Crippen LogP) is 5.80. The van der Waals surface area contributed by atoms with Crippen LogP contribution in [0.25, 0.3) is 0 Å². The number of hydrogen-bond donors (Lipinski definition) is 0. The maximum Gasteiger partial charge on any atom is 0.435 e. The Bertz CT molecular complexity index is 442. The Hall–Kier alpha value is -0.320. The second kappa shape index (κ2) is 5.85. The first-order chi connectivity index (χ1) is 10.1. The fourth-order valence-corrected chi connectivity index (χ4v) is 2.36. The molecule has 0 aliphatic carbocycles. The third kappa shape index (κ3) is 2.89. The van der Waals surface area contributed by atoms with Gasteiger partial charge in [-0.3, -0.25) is 0 Å². The highest BCUT2D eigenvalue weighted by Crippen LogP contribution is 2.65. The van der Waals surface area contributed by atoms with E-state index in [1.54, 1.807) is 0 Å². The van der Waals surface area contributed by atoms with Gasteiger partial charge in [-0.15, -0.1) is 0 Å². The van der Waals surface area contributed by atoms with Crippen molar-refractivity contribution in [1.82, 2.24) is 0 Å². The van der Waals surface area contributed by atoms with Gasteiger partial charge in [0.05, 0.1) is 0 Å². The summed E-state index contributed by atoms with van der Waals surface area (Å²) in [6.45, 7) is -3.98.